The lowest BCUT2D eigenvalue weighted by Crippen LogP contribution is -1.99. The molecule has 0 atom stereocenters. The fourth-order valence-corrected chi connectivity index (χ4v) is 3.05. The third kappa shape index (κ3) is 2.66. The molecule has 25 heavy (non-hydrogen) atoms. The van der Waals surface area contributed by atoms with E-state index >= 15 is 0 Å². The van der Waals surface area contributed by atoms with Crippen molar-refractivity contribution in [3.8, 4) is 17.5 Å². The SMILES string of the molecule is Cc1cccc(-c2nc3c(C#N)c[nH]n3c2Nc2ccccc2Br)n1. The van der Waals surface area contributed by atoms with Crippen molar-refractivity contribution in [3.63, 3.8) is 0 Å². The molecule has 0 aliphatic carbocycles. The first-order valence-electron chi connectivity index (χ1n) is 7.63. The van der Waals surface area contributed by atoms with Crippen LogP contribution in [0.3, 0.4) is 0 Å². The topological polar surface area (TPSA) is 81.8 Å². The van der Waals surface area contributed by atoms with E-state index in [1.807, 2.05) is 49.4 Å². The third-order valence-corrected chi connectivity index (χ3v) is 4.53. The van der Waals surface area contributed by atoms with Crippen molar-refractivity contribution in [1.82, 2.24) is 19.6 Å². The number of imidazole rings is 1. The van der Waals surface area contributed by atoms with Crippen molar-refractivity contribution >= 4 is 33.1 Å². The van der Waals surface area contributed by atoms with Crippen LogP contribution in [0.25, 0.3) is 17.0 Å². The molecule has 0 spiro atoms. The van der Waals surface area contributed by atoms with Gasteiger partial charge in [0.05, 0.1) is 11.4 Å². The van der Waals surface area contributed by atoms with E-state index in [2.05, 4.69) is 42.4 Å². The van der Waals surface area contributed by atoms with Crippen molar-refractivity contribution in [2.75, 3.05) is 5.32 Å². The monoisotopic (exact) mass is 392 g/mol. The van der Waals surface area contributed by atoms with Crippen LogP contribution in [0.4, 0.5) is 11.5 Å². The van der Waals surface area contributed by atoms with Crippen molar-refractivity contribution in [3.05, 3.63) is 64.4 Å². The average molecular weight is 393 g/mol. The minimum absolute atomic E-state index is 0.481. The lowest BCUT2D eigenvalue weighted by Gasteiger charge is -2.09. The number of benzene rings is 1. The van der Waals surface area contributed by atoms with E-state index < -0.39 is 0 Å². The lowest BCUT2D eigenvalue weighted by molar-refractivity contribution is 0.979. The number of para-hydroxylation sites is 1. The highest BCUT2D eigenvalue weighted by Crippen LogP contribution is 2.33. The van der Waals surface area contributed by atoms with E-state index in [0.29, 0.717) is 16.9 Å². The molecule has 0 bridgehead atoms. The Bertz CT molecular complexity index is 1120. The van der Waals surface area contributed by atoms with Crippen LogP contribution in [-0.2, 0) is 0 Å². The Kier molecular flexibility index (Phi) is 3.75. The number of anilines is 2. The second kappa shape index (κ2) is 6.07. The lowest BCUT2D eigenvalue weighted by atomic mass is 10.2. The Balaban J connectivity index is 1.94. The minimum Gasteiger partial charge on any atom is -0.337 e. The van der Waals surface area contributed by atoms with Crippen LogP contribution >= 0.6 is 15.9 Å². The molecule has 0 fully saturated rings. The van der Waals surface area contributed by atoms with E-state index in [0.717, 1.165) is 27.4 Å². The highest BCUT2D eigenvalue weighted by Gasteiger charge is 2.19. The van der Waals surface area contributed by atoms with Crippen LogP contribution in [0.1, 0.15) is 11.3 Å². The summed E-state index contributed by atoms with van der Waals surface area (Å²) in [6.45, 7) is 1.94. The Morgan fingerprint density at radius 2 is 2.00 bits per heavy atom. The maximum Gasteiger partial charge on any atom is 0.173 e. The molecule has 1 aromatic carbocycles. The van der Waals surface area contributed by atoms with Gasteiger partial charge < -0.3 is 5.32 Å². The number of hydrogen-bond acceptors (Lipinski definition) is 4. The largest absolute Gasteiger partial charge is 0.337 e. The molecule has 3 heterocycles. The first-order chi connectivity index (χ1) is 12.2. The zero-order valence-corrected chi connectivity index (χ0v) is 14.9. The summed E-state index contributed by atoms with van der Waals surface area (Å²) in [7, 11) is 0. The maximum absolute atomic E-state index is 9.31. The number of nitriles is 1. The normalized spacial score (nSPS) is 10.8. The number of aryl methyl sites for hydroxylation is 1. The molecule has 0 aliphatic heterocycles. The van der Waals surface area contributed by atoms with Gasteiger partial charge in [0, 0.05) is 16.4 Å². The fourth-order valence-electron chi connectivity index (χ4n) is 2.66. The van der Waals surface area contributed by atoms with E-state index in [9.17, 15) is 5.26 Å². The molecule has 4 aromatic rings. The second-order valence-corrected chi connectivity index (χ2v) is 6.39. The van der Waals surface area contributed by atoms with Crippen molar-refractivity contribution in [2.24, 2.45) is 0 Å². The van der Waals surface area contributed by atoms with Gasteiger partial charge in [-0.2, -0.15) is 5.26 Å². The quantitative estimate of drug-likeness (QED) is 0.540. The van der Waals surface area contributed by atoms with Crippen LogP contribution in [0.2, 0.25) is 0 Å². The number of pyridine rings is 1. The van der Waals surface area contributed by atoms with Crippen molar-refractivity contribution in [1.29, 1.82) is 5.26 Å². The fraction of sp³-hybridized carbons (Fsp3) is 0.0556. The van der Waals surface area contributed by atoms with Crippen molar-refractivity contribution < 1.29 is 0 Å². The van der Waals surface area contributed by atoms with Gasteiger partial charge in [0.15, 0.2) is 11.5 Å². The Morgan fingerprint density at radius 1 is 1.16 bits per heavy atom. The van der Waals surface area contributed by atoms with Gasteiger partial charge in [0.1, 0.15) is 17.3 Å². The molecular formula is C18H13BrN6. The molecule has 6 nitrogen and oxygen atoms in total. The van der Waals surface area contributed by atoms with Gasteiger partial charge in [-0.25, -0.2) is 9.50 Å². The predicted octanol–water partition coefficient (Wildman–Crippen LogP) is 4.41. The number of H-pyrrole nitrogens is 1. The summed E-state index contributed by atoms with van der Waals surface area (Å²) in [5.41, 5.74) is 4.27. The third-order valence-electron chi connectivity index (χ3n) is 3.83. The van der Waals surface area contributed by atoms with E-state index in [-0.39, 0.29) is 0 Å². The molecule has 0 saturated heterocycles. The summed E-state index contributed by atoms with van der Waals surface area (Å²) < 4.78 is 2.69. The highest BCUT2D eigenvalue weighted by atomic mass is 79.9. The summed E-state index contributed by atoms with van der Waals surface area (Å²) in [6, 6.07) is 15.8. The van der Waals surface area contributed by atoms with Gasteiger partial charge in [-0.05, 0) is 47.1 Å². The molecule has 0 unspecified atom stereocenters. The molecule has 7 heteroatoms. The van der Waals surface area contributed by atoms with Crippen LogP contribution in [0.5, 0.6) is 0 Å². The van der Waals surface area contributed by atoms with Crippen molar-refractivity contribution in [2.45, 2.75) is 6.92 Å². The minimum atomic E-state index is 0.481. The van der Waals surface area contributed by atoms with Crippen LogP contribution in [-0.4, -0.2) is 19.6 Å². The maximum atomic E-state index is 9.31. The molecule has 0 radical (unpaired) electrons. The van der Waals surface area contributed by atoms with Crippen LogP contribution in [0, 0.1) is 18.3 Å². The second-order valence-electron chi connectivity index (χ2n) is 5.54. The Labute approximate surface area is 152 Å². The van der Waals surface area contributed by atoms with E-state index in [4.69, 9.17) is 0 Å². The number of aromatic nitrogens is 4. The van der Waals surface area contributed by atoms with E-state index in [1.165, 1.54) is 0 Å². The summed E-state index contributed by atoms with van der Waals surface area (Å²) in [6.07, 6.45) is 1.64. The number of hydrogen-bond donors (Lipinski definition) is 2. The number of nitrogens with zero attached hydrogens (tertiary/aromatic N) is 4. The highest BCUT2D eigenvalue weighted by molar-refractivity contribution is 9.10. The number of nitrogens with one attached hydrogen (secondary N) is 2. The average Bonchev–Trinajstić information content (AvgIpc) is 3.16. The summed E-state index contributed by atoms with van der Waals surface area (Å²) >= 11 is 3.55. The molecule has 0 amide bonds. The number of rotatable bonds is 3. The zero-order chi connectivity index (χ0) is 17.4. The Morgan fingerprint density at radius 3 is 2.76 bits per heavy atom. The molecule has 0 saturated carbocycles. The van der Waals surface area contributed by atoms with Gasteiger partial charge >= 0.3 is 0 Å². The summed E-state index contributed by atoms with van der Waals surface area (Å²) in [5, 5.41) is 15.8. The molecule has 4 rings (SSSR count). The Hall–Kier alpha value is -3.11. The number of aromatic amines is 1. The standard InChI is InChI=1S/C18H13BrN6/c1-11-5-4-8-15(22-11)16-18(23-14-7-3-2-6-13(14)19)25-17(24-16)12(9-20)10-21-25/h2-8,10,21,23H,1H3. The first kappa shape index (κ1) is 15.4. The van der Waals surface area contributed by atoms with Gasteiger partial charge in [0.2, 0.25) is 0 Å². The first-order valence-corrected chi connectivity index (χ1v) is 8.42. The summed E-state index contributed by atoms with van der Waals surface area (Å²) in [4.78, 5) is 9.22. The smallest absolute Gasteiger partial charge is 0.173 e. The predicted molar refractivity (Wildman–Crippen MR) is 99.7 cm³/mol. The van der Waals surface area contributed by atoms with Crippen LogP contribution < -0.4 is 5.32 Å². The van der Waals surface area contributed by atoms with Gasteiger partial charge in [-0.15, -0.1) is 0 Å². The summed E-state index contributed by atoms with van der Waals surface area (Å²) in [5.74, 6) is 0.724. The molecular weight excluding hydrogens is 380 g/mol. The zero-order valence-electron chi connectivity index (χ0n) is 13.3. The van der Waals surface area contributed by atoms with Crippen LogP contribution in [0.15, 0.2) is 53.1 Å². The molecule has 122 valence electrons. The molecule has 0 aliphatic rings. The molecule has 3 aromatic heterocycles. The van der Waals surface area contributed by atoms with Gasteiger partial charge in [-0.1, -0.05) is 18.2 Å². The number of fused-ring (bicyclic) bond motifs is 1. The number of halogens is 1. The van der Waals surface area contributed by atoms with Gasteiger partial charge in [0.25, 0.3) is 0 Å². The van der Waals surface area contributed by atoms with E-state index in [1.54, 1.807) is 10.7 Å². The van der Waals surface area contributed by atoms with Gasteiger partial charge in [-0.3, -0.25) is 10.1 Å². The molecule has 2 N–H and O–H groups in total.